The monoisotopic (exact) mass is 285 g/mol. The van der Waals surface area contributed by atoms with Crippen molar-refractivity contribution in [3.05, 3.63) is 53.7 Å². The third kappa shape index (κ3) is 4.21. The molecular formula is C16H19N3O2. The van der Waals surface area contributed by atoms with E-state index in [1.165, 1.54) is 4.90 Å². The predicted octanol–water partition coefficient (Wildman–Crippen LogP) is 2.14. The van der Waals surface area contributed by atoms with Crippen LogP contribution in [0.15, 0.2) is 42.6 Å². The number of phenolic OH excluding ortho intramolecular Hbond substituents is 1. The average molecular weight is 285 g/mol. The molecule has 0 saturated heterocycles. The van der Waals surface area contributed by atoms with Gasteiger partial charge < -0.3 is 15.3 Å². The molecular weight excluding hydrogens is 266 g/mol. The summed E-state index contributed by atoms with van der Waals surface area (Å²) in [4.78, 5) is 17.5. The van der Waals surface area contributed by atoms with Gasteiger partial charge in [-0.15, -0.1) is 0 Å². The summed E-state index contributed by atoms with van der Waals surface area (Å²) < 4.78 is 0. The van der Waals surface area contributed by atoms with Crippen molar-refractivity contribution < 1.29 is 9.90 Å². The number of aromatic nitrogens is 1. The summed E-state index contributed by atoms with van der Waals surface area (Å²) in [6.07, 6.45) is 2.41. The van der Waals surface area contributed by atoms with E-state index in [0.29, 0.717) is 5.56 Å². The van der Waals surface area contributed by atoms with Gasteiger partial charge in [0, 0.05) is 26.8 Å². The van der Waals surface area contributed by atoms with Crippen molar-refractivity contribution in [1.82, 2.24) is 9.88 Å². The number of nitrogens with one attached hydrogen (secondary N) is 1. The third-order valence-electron chi connectivity index (χ3n) is 3.07. The highest BCUT2D eigenvalue weighted by molar-refractivity contribution is 5.93. The minimum absolute atomic E-state index is 0.0573. The zero-order valence-corrected chi connectivity index (χ0v) is 12.2. The molecule has 0 fully saturated rings. The van der Waals surface area contributed by atoms with E-state index in [1.54, 1.807) is 44.6 Å². The molecule has 1 heterocycles. The van der Waals surface area contributed by atoms with Crippen LogP contribution in [0.5, 0.6) is 5.75 Å². The fourth-order valence-electron chi connectivity index (χ4n) is 1.88. The van der Waals surface area contributed by atoms with Crippen LogP contribution in [0.4, 0.5) is 5.82 Å². The second-order valence-corrected chi connectivity index (χ2v) is 4.97. The lowest BCUT2D eigenvalue weighted by Gasteiger charge is -2.10. The first kappa shape index (κ1) is 14.8. The number of aromatic hydroxyl groups is 1. The highest BCUT2D eigenvalue weighted by Gasteiger charge is 2.07. The summed E-state index contributed by atoms with van der Waals surface area (Å²) in [5.74, 6) is 0.955. The van der Waals surface area contributed by atoms with Gasteiger partial charge in [-0.05, 0) is 36.2 Å². The molecule has 5 heteroatoms. The molecule has 0 aliphatic carbocycles. The molecule has 0 radical (unpaired) electrons. The van der Waals surface area contributed by atoms with E-state index in [4.69, 9.17) is 0 Å². The van der Waals surface area contributed by atoms with Crippen molar-refractivity contribution in [3.63, 3.8) is 0 Å². The Morgan fingerprint density at radius 3 is 2.48 bits per heavy atom. The molecule has 1 amide bonds. The van der Waals surface area contributed by atoms with Gasteiger partial charge in [-0.3, -0.25) is 4.79 Å². The van der Waals surface area contributed by atoms with Gasteiger partial charge in [0.05, 0.1) is 5.56 Å². The van der Waals surface area contributed by atoms with E-state index < -0.39 is 0 Å². The summed E-state index contributed by atoms with van der Waals surface area (Å²) in [6, 6.07) is 10.7. The molecule has 2 aromatic rings. The van der Waals surface area contributed by atoms with Crippen molar-refractivity contribution in [2.75, 3.05) is 26.0 Å². The van der Waals surface area contributed by atoms with Crippen LogP contribution in [0.1, 0.15) is 15.9 Å². The summed E-state index contributed by atoms with van der Waals surface area (Å²) in [5.41, 5.74) is 1.71. The molecule has 2 rings (SSSR count). The molecule has 2 N–H and O–H groups in total. The Balaban J connectivity index is 1.86. The molecule has 1 aromatic carbocycles. The molecule has 21 heavy (non-hydrogen) atoms. The number of nitrogens with zero attached hydrogens (tertiary/aromatic N) is 2. The fraction of sp³-hybridized carbons (Fsp3) is 0.250. The Morgan fingerprint density at radius 2 is 1.90 bits per heavy atom. The zero-order valence-electron chi connectivity index (χ0n) is 12.2. The molecule has 0 atom stereocenters. The van der Waals surface area contributed by atoms with Gasteiger partial charge in [-0.25, -0.2) is 4.98 Å². The Kier molecular flexibility index (Phi) is 4.77. The van der Waals surface area contributed by atoms with Crippen LogP contribution in [0.2, 0.25) is 0 Å². The quantitative estimate of drug-likeness (QED) is 0.883. The molecule has 5 nitrogen and oxygen atoms in total. The normalized spacial score (nSPS) is 10.2. The molecule has 0 aliphatic heterocycles. The number of carbonyl (C=O) groups is 1. The Bertz CT molecular complexity index is 592. The van der Waals surface area contributed by atoms with Crippen molar-refractivity contribution in [3.8, 4) is 5.75 Å². The topological polar surface area (TPSA) is 65.5 Å². The third-order valence-corrected chi connectivity index (χ3v) is 3.07. The summed E-state index contributed by atoms with van der Waals surface area (Å²) in [7, 11) is 3.43. The number of benzene rings is 1. The maximum absolute atomic E-state index is 11.7. The largest absolute Gasteiger partial charge is 0.508 e. The van der Waals surface area contributed by atoms with Crippen LogP contribution in [0, 0.1) is 0 Å². The zero-order chi connectivity index (χ0) is 15.2. The van der Waals surface area contributed by atoms with E-state index in [1.807, 2.05) is 12.1 Å². The van der Waals surface area contributed by atoms with Crippen molar-refractivity contribution in [2.45, 2.75) is 6.42 Å². The Hall–Kier alpha value is -2.56. The van der Waals surface area contributed by atoms with E-state index in [2.05, 4.69) is 10.3 Å². The lowest BCUT2D eigenvalue weighted by molar-refractivity contribution is 0.0827. The average Bonchev–Trinajstić information content (AvgIpc) is 2.49. The molecule has 1 aromatic heterocycles. The minimum Gasteiger partial charge on any atom is -0.508 e. The van der Waals surface area contributed by atoms with Crippen LogP contribution < -0.4 is 5.32 Å². The predicted molar refractivity (Wildman–Crippen MR) is 82.6 cm³/mol. The number of hydrogen-bond donors (Lipinski definition) is 2. The van der Waals surface area contributed by atoms with Gasteiger partial charge >= 0.3 is 0 Å². The number of carbonyl (C=O) groups excluding carboxylic acids is 1. The van der Waals surface area contributed by atoms with E-state index >= 15 is 0 Å². The molecule has 0 spiro atoms. The van der Waals surface area contributed by atoms with E-state index in [0.717, 1.165) is 24.3 Å². The van der Waals surface area contributed by atoms with E-state index in [9.17, 15) is 9.90 Å². The fourth-order valence-corrected chi connectivity index (χ4v) is 1.88. The van der Waals surface area contributed by atoms with Crippen LogP contribution in [0.25, 0.3) is 0 Å². The number of hydrogen-bond acceptors (Lipinski definition) is 4. The number of anilines is 1. The van der Waals surface area contributed by atoms with Crippen LogP contribution >= 0.6 is 0 Å². The van der Waals surface area contributed by atoms with Crippen LogP contribution in [-0.2, 0) is 6.42 Å². The van der Waals surface area contributed by atoms with Gasteiger partial charge in [0.25, 0.3) is 5.91 Å². The van der Waals surface area contributed by atoms with Gasteiger partial charge in [0.15, 0.2) is 0 Å². The Labute approximate surface area is 124 Å². The molecule has 0 aliphatic rings. The summed E-state index contributed by atoms with van der Waals surface area (Å²) >= 11 is 0. The van der Waals surface area contributed by atoms with Crippen LogP contribution in [0.3, 0.4) is 0 Å². The smallest absolute Gasteiger partial charge is 0.254 e. The Morgan fingerprint density at radius 1 is 1.19 bits per heavy atom. The maximum atomic E-state index is 11.7. The van der Waals surface area contributed by atoms with Gasteiger partial charge in [-0.1, -0.05) is 12.1 Å². The molecule has 0 bridgehead atoms. The number of phenols is 1. The number of amides is 1. The molecule has 0 unspecified atom stereocenters. The first-order valence-electron chi connectivity index (χ1n) is 6.76. The highest BCUT2D eigenvalue weighted by atomic mass is 16.3. The van der Waals surface area contributed by atoms with Gasteiger partial charge in [-0.2, -0.15) is 0 Å². The van der Waals surface area contributed by atoms with Crippen molar-refractivity contribution >= 4 is 11.7 Å². The standard InChI is InChI=1S/C16H19N3O2/c1-19(2)16(21)13-5-8-15(18-11-13)17-10-9-12-3-6-14(20)7-4-12/h3-8,11,20H,9-10H2,1-2H3,(H,17,18). The molecule has 0 saturated carbocycles. The summed E-state index contributed by atoms with van der Waals surface area (Å²) in [5, 5.41) is 12.4. The lowest BCUT2D eigenvalue weighted by Crippen LogP contribution is -2.21. The lowest BCUT2D eigenvalue weighted by atomic mass is 10.1. The van der Waals surface area contributed by atoms with Gasteiger partial charge in [0.2, 0.25) is 0 Å². The van der Waals surface area contributed by atoms with Crippen LogP contribution in [-0.4, -0.2) is 41.5 Å². The second-order valence-electron chi connectivity index (χ2n) is 4.97. The minimum atomic E-state index is -0.0573. The highest BCUT2D eigenvalue weighted by Crippen LogP contribution is 2.11. The van der Waals surface area contributed by atoms with Crippen molar-refractivity contribution in [2.24, 2.45) is 0 Å². The summed E-state index contributed by atoms with van der Waals surface area (Å²) in [6.45, 7) is 0.735. The van der Waals surface area contributed by atoms with Gasteiger partial charge in [0.1, 0.15) is 11.6 Å². The first-order valence-corrected chi connectivity index (χ1v) is 6.76. The number of pyridine rings is 1. The van der Waals surface area contributed by atoms with Crippen molar-refractivity contribution in [1.29, 1.82) is 0 Å². The second kappa shape index (κ2) is 6.74. The van der Waals surface area contributed by atoms with E-state index in [-0.39, 0.29) is 11.7 Å². The molecule has 110 valence electrons. The number of rotatable bonds is 5. The SMILES string of the molecule is CN(C)C(=O)c1ccc(NCCc2ccc(O)cc2)nc1. The first-order chi connectivity index (χ1) is 10.1. The maximum Gasteiger partial charge on any atom is 0.254 e.